The Morgan fingerprint density at radius 2 is 1.97 bits per heavy atom. The molecule has 184 valence electrons. The van der Waals surface area contributed by atoms with Gasteiger partial charge < -0.3 is 15.0 Å². The Labute approximate surface area is 206 Å². The smallest absolute Gasteiger partial charge is 0.422 e. The van der Waals surface area contributed by atoms with Crippen LogP contribution in [0.1, 0.15) is 18.8 Å². The fourth-order valence-corrected chi connectivity index (χ4v) is 4.13. The molecule has 0 aliphatic carbocycles. The van der Waals surface area contributed by atoms with E-state index in [9.17, 15) is 18.0 Å². The molecule has 0 saturated carbocycles. The second-order valence-corrected chi connectivity index (χ2v) is 8.38. The van der Waals surface area contributed by atoms with Gasteiger partial charge in [-0.05, 0) is 37.3 Å². The SMILES string of the molecule is C[C@H](Nc1ncnc2[nH]ccc12)c1nc2cccc(Cl)c2c(=O)n1-c1cccc(OCC(F)(F)F)c1. The van der Waals surface area contributed by atoms with Gasteiger partial charge in [-0.25, -0.2) is 15.0 Å². The summed E-state index contributed by atoms with van der Waals surface area (Å²) >= 11 is 6.33. The van der Waals surface area contributed by atoms with Gasteiger partial charge in [0, 0.05) is 12.3 Å². The van der Waals surface area contributed by atoms with Crippen LogP contribution in [-0.4, -0.2) is 37.3 Å². The van der Waals surface area contributed by atoms with Gasteiger partial charge in [0.2, 0.25) is 0 Å². The summed E-state index contributed by atoms with van der Waals surface area (Å²) in [5.41, 5.74) is 0.806. The van der Waals surface area contributed by atoms with E-state index in [0.717, 1.165) is 5.39 Å². The van der Waals surface area contributed by atoms with E-state index < -0.39 is 24.4 Å². The van der Waals surface area contributed by atoms with Crippen molar-refractivity contribution >= 4 is 39.4 Å². The van der Waals surface area contributed by atoms with Crippen LogP contribution < -0.4 is 15.6 Å². The minimum atomic E-state index is -4.50. The third-order valence-corrected chi connectivity index (χ3v) is 5.76. The molecule has 0 aliphatic rings. The van der Waals surface area contributed by atoms with E-state index in [1.165, 1.54) is 29.1 Å². The predicted octanol–water partition coefficient (Wildman–Crippen LogP) is 5.42. The van der Waals surface area contributed by atoms with Crippen LogP contribution in [0.5, 0.6) is 5.75 Å². The van der Waals surface area contributed by atoms with Gasteiger partial charge in [-0.2, -0.15) is 13.2 Å². The van der Waals surface area contributed by atoms with E-state index in [1.807, 2.05) is 6.07 Å². The lowest BCUT2D eigenvalue weighted by molar-refractivity contribution is -0.153. The Morgan fingerprint density at radius 1 is 1.17 bits per heavy atom. The third kappa shape index (κ3) is 4.57. The quantitative estimate of drug-likeness (QED) is 0.314. The number of alkyl halides is 3. The van der Waals surface area contributed by atoms with Crippen LogP contribution in [-0.2, 0) is 0 Å². The van der Waals surface area contributed by atoms with Crippen LogP contribution in [0, 0.1) is 0 Å². The van der Waals surface area contributed by atoms with Gasteiger partial charge in [0.25, 0.3) is 5.56 Å². The minimum absolute atomic E-state index is 0.0487. The lowest BCUT2D eigenvalue weighted by Crippen LogP contribution is -2.27. The summed E-state index contributed by atoms with van der Waals surface area (Å²) in [6.45, 7) is 0.331. The van der Waals surface area contributed by atoms with Crippen LogP contribution in [0.25, 0.3) is 27.6 Å². The van der Waals surface area contributed by atoms with E-state index in [0.29, 0.717) is 22.8 Å². The number of ether oxygens (including phenoxy) is 1. The average Bonchev–Trinajstić information content (AvgIpc) is 3.32. The first-order valence-electron chi connectivity index (χ1n) is 10.8. The first kappa shape index (κ1) is 23.6. The maximum absolute atomic E-state index is 13.7. The molecular weight excluding hydrogens is 497 g/mol. The molecule has 0 aliphatic heterocycles. The van der Waals surface area contributed by atoms with Crippen molar-refractivity contribution in [1.29, 1.82) is 0 Å². The van der Waals surface area contributed by atoms with Gasteiger partial charge in [-0.1, -0.05) is 23.7 Å². The fourth-order valence-electron chi connectivity index (χ4n) is 3.88. The highest BCUT2D eigenvalue weighted by Crippen LogP contribution is 2.28. The zero-order valence-corrected chi connectivity index (χ0v) is 19.4. The largest absolute Gasteiger partial charge is 0.484 e. The van der Waals surface area contributed by atoms with Gasteiger partial charge in [0.05, 0.1) is 33.0 Å². The third-order valence-electron chi connectivity index (χ3n) is 5.45. The molecule has 8 nitrogen and oxygen atoms in total. The Kier molecular flexibility index (Phi) is 6.00. The molecule has 5 aromatic rings. The van der Waals surface area contributed by atoms with E-state index in [-0.39, 0.29) is 21.8 Å². The standard InChI is InChI=1S/C24H18ClF3N6O2/c1-13(32-21-16-8-9-29-20(16)30-12-31-21)22-33-18-7-3-6-17(25)19(18)23(35)34(22)14-4-2-5-15(10-14)36-11-24(26,27)28/h2-10,12-13H,11H2,1H3,(H2,29,30,31,32)/t13-/m0/s1. The van der Waals surface area contributed by atoms with Crippen LogP contribution in [0.15, 0.2) is 65.8 Å². The lowest BCUT2D eigenvalue weighted by atomic mass is 10.2. The Morgan fingerprint density at radius 3 is 2.78 bits per heavy atom. The van der Waals surface area contributed by atoms with Crippen molar-refractivity contribution in [2.24, 2.45) is 0 Å². The molecule has 0 amide bonds. The van der Waals surface area contributed by atoms with E-state index in [2.05, 4.69) is 20.3 Å². The number of halogens is 4. The molecule has 0 spiro atoms. The number of anilines is 1. The molecular formula is C24H18ClF3N6O2. The second-order valence-electron chi connectivity index (χ2n) is 7.97. The molecule has 1 atom stereocenters. The number of hydrogen-bond donors (Lipinski definition) is 2. The van der Waals surface area contributed by atoms with Gasteiger partial charge in [-0.3, -0.25) is 9.36 Å². The number of benzene rings is 2. The maximum atomic E-state index is 13.7. The van der Waals surface area contributed by atoms with Gasteiger partial charge >= 0.3 is 6.18 Å². The van der Waals surface area contributed by atoms with Gasteiger partial charge in [-0.15, -0.1) is 0 Å². The van der Waals surface area contributed by atoms with Crippen molar-refractivity contribution in [3.05, 3.63) is 82.3 Å². The zero-order chi connectivity index (χ0) is 25.4. The number of nitrogens with one attached hydrogen (secondary N) is 2. The highest BCUT2D eigenvalue weighted by molar-refractivity contribution is 6.35. The van der Waals surface area contributed by atoms with Crippen molar-refractivity contribution < 1.29 is 17.9 Å². The number of nitrogens with zero attached hydrogens (tertiary/aromatic N) is 4. The first-order valence-corrected chi connectivity index (χ1v) is 11.1. The van der Waals surface area contributed by atoms with Crippen molar-refractivity contribution in [3.63, 3.8) is 0 Å². The summed E-state index contributed by atoms with van der Waals surface area (Å²) in [6, 6.07) is 12.0. The molecule has 0 bridgehead atoms. The highest BCUT2D eigenvalue weighted by atomic mass is 35.5. The summed E-state index contributed by atoms with van der Waals surface area (Å²) < 4.78 is 44.3. The topological polar surface area (TPSA) is 97.7 Å². The van der Waals surface area contributed by atoms with Crippen molar-refractivity contribution in [1.82, 2.24) is 24.5 Å². The number of hydrogen-bond acceptors (Lipinski definition) is 6. The van der Waals surface area contributed by atoms with Crippen molar-refractivity contribution in [3.8, 4) is 11.4 Å². The van der Waals surface area contributed by atoms with Crippen molar-refractivity contribution in [2.75, 3.05) is 11.9 Å². The van der Waals surface area contributed by atoms with Crippen LogP contribution in [0.2, 0.25) is 5.02 Å². The molecule has 3 heterocycles. The maximum Gasteiger partial charge on any atom is 0.422 e. The van der Waals surface area contributed by atoms with Crippen LogP contribution >= 0.6 is 11.6 Å². The highest BCUT2D eigenvalue weighted by Gasteiger charge is 2.28. The summed E-state index contributed by atoms with van der Waals surface area (Å²) in [5, 5.41) is 4.39. The monoisotopic (exact) mass is 514 g/mol. The predicted molar refractivity (Wildman–Crippen MR) is 130 cm³/mol. The Hall–Kier alpha value is -4.12. The van der Waals surface area contributed by atoms with Crippen LogP contribution in [0.3, 0.4) is 0 Å². The molecule has 0 radical (unpaired) electrons. The number of fused-ring (bicyclic) bond motifs is 2. The molecule has 12 heteroatoms. The number of H-pyrrole nitrogens is 1. The summed E-state index contributed by atoms with van der Waals surface area (Å²) in [5.74, 6) is 0.764. The van der Waals surface area contributed by atoms with Gasteiger partial charge in [0.1, 0.15) is 29.4 Å². The lowest BCUT2D eigenvalue weighted by Gasteiger charge is -2.21. The zero-order valence-electron chi connectivity index (χ0n) is 18.7. The Bertz CT molecular complexity index is 1630. The van der Waals surface area contributed by atoms with Gasteiger partial charge in [0.15, 0.2) is 6.61 Å². The van der Waals surface area contributed by atoms with E-state index >= 15 is 0 Å². The first-order chi connectivity index (χ1) is 17.2. The Balaban J connectivity index is 1.64. The summed E-state index contributed by atoms with van der Waals surface area (Å²) in [7, 11) is 0. The molecule has 0 fully saturated rings. The molecule has 0 saturated heterocycles. The van der Waals surface area contributed by atoms with E-state index in [1.54, 1.807) is 37.4 Å². The molecule has 5 rings (SSSR count). The van der Waals surface area contributed by atoms with Crippen molar-refractivity contribution in [2.45, 2.75) is 19.1 Å². The number of aromatic amines is 1. The summed E-state index contributed by atoms with van der Waals surface area (Å²) in [6.07, 6.45) is -1.38. The van der Waals surface area contributed by atoms with E-state index in [4.69, 9.17) is 21.3 Å². The number of aromatic nitrogens is 5. The van der Waals surface area contributed by atoms with Crippen LogP contribution in [0.4, 0.5) is 19.0 Å². The molecule has 3 aromatic heterocycles. The molecule has 0 unspecified atom stereocenters. The number of rotatable bonds is 6. The molecule has 2 N–H and O–H groups in total. The fraction of sp³-hybridized carbons (Fsp3) is 0.167. The average molecular weight is 515 g/mol. The second kappa shape index (κ2) is 9.15. The normalized spacial score (nSPS) is 12.7. The molecule has 36 heavy (non-hydrogen) atoms. The summed E-state index contributed by atoms with van der Waals surface area (Å²) in [4.78, 5) is 29.9. The minimum Gasteiger partial charge on any atom is -0.484 e. The molecule has 2 aromatic carbocycles.